The number of carbonyl (C=O) groups is 1. The van der Waals surface area contributed by atoms with Crippen LogP contribution in [0, 0.1) is 0 Å². The zero-order chi connectivity index (χ0) is 16.2. The van der Waals surface area contributed by atoms with Gasteiger partial charge in [0.2, 0.25) is 0 Å². The van der Waals surface area contributed by atoms with Crippen LogP contribution in [0.3, 0.4) is 0 Å². The Bertz CT molecular complexity index is 775. The van der Waals surface area contributed by atoms with Crippen molar-refractivity contribution in [3.05, 3.63) is 54.9 Å². The van der Waals surface area contributed by atoms with Crippen molar-refractivity contribution < 1.29 is 4.79 Å². The van der Waals surface area contributed by atoms with E-state index < -0.39 is 0 Å². The third-order valence-corrected chi connectivity index (χ3v) is 3.53. The van der Waals surface area contributed by atoms with Gasteiger partial charge in [0.25, 0.3) is 5.91 Å². The molecular formula is C16H18N6O. The second-order valence-electron chi connectivity index (χ2n) is 5.43. The molecule has 2 heterocycles. The van der Waals surface area contributed by atoms with Crippen molar-refractivity contribution in [1.29, 1.82) is 0 Å². The summed E-state index contributed by atoms with van der Waals surface area (Å²) in [7, 11) is 1.94. The number of benzene rings is 1. The van der Waals surface area contributed by atoms with Gasteiger partial charge in [-0.3, -0.25) is 9.48 Å². The van der Waals surface area contributed by atoms with Crippen LogP contribution in [0.5, 0.6) is 0 Å². The van der Waals surface area contributed by atoms with Gasteiger partial charge in [0.15, 0.2) is 0 Å². The topological polar surface area (TPSA) is 77.6 Å². The van der Waals surface area contributed by atoms with Gasteiger partial charge in [-0.1, -0.05) is 12.1 Å². The summed E-state index contributed by atoms with van der Waals surface area (Å²) < 4.78 is 3.63. The Labute approximate surface area is 134 Å². The van der Waals surface area contributed by atoms with Gasteiger partial charge in [-0.2, -0.15) is 5.10 Å². The molecule has 118 valence electrons. The third-order valence-electron chi connectivity index (χ3n) is 3.53. The summed E-state index contributed by atoms with van der Waals surface area (Å²) in [5.74, 6) is 0.764. The Morgan fingerprint density at radius 2 is 2.09 bits per heavy atom. The van der Waals surface area contributed by atoms with Crippen molar-refractivity contribution in [2.75, 3.05) is 0 Å². The minimum atomic E-state index is -0.107. The molecule has 23 heavy (non-hydrogen) atoms. The number of nitrogens with zero attached hydrogens (tertiary/aromatic N) is 5. The van der Waals surface area contributed by atoms with E-state index in [0.717, 1.165) is 11.4 Å². The van der Waals surface area contributed by atoms with Crippen LogP contribution in [-0.4, -0.2) is 36.3 Å². The number of aromatic nitrogens is 5. The van der Waals surface area contributed by atoms with Crippen molar-refractivity contribution in [1.82, 2.24) is 29.6 Å². The van der Waals surface area contributed by atoms with Gasteiger partial charge in [0.05, 0.1) is 6.54 Å². The van der Waals surface area contributed by atoms with E-state index in [1.54, 1.807) is 17.2 Å². The van der Waals surface area contributed by atoms with E-state index in [1.807, 2.05) is 49.0 Å². The lowest BCUT2D eigenvalue weighted by atomic mass is 10.1. The zero-order valence-corrected chi connectivity index (χ0v) is 13.0. The molecule has 0 aliphatic rings. The average molecular weight is 310 g/mol. The Morgan fingerprint density at radius 1 is 1.30 bits per heavy atom. The zero-order valence-electron chi connectivity index (χ0n) is 13.0. The summed E-state index contributed by atoms with van der Waals surface area (Å²) in [5, 5.41) is 6.98. The highest BCUT2D eigenvalue weighted by atomic mass is 16.1. The molecule has 0 saturated carbocycles. The lowest BCUT2D eigenvalue weighted by Crippen LogP contribution is -2.35. The van der Waals surface area contributed by atoms with Crippen LogP contribution in [0.1, 0.15) is 17.3 Å². The monoisotopic (exact) mass is 310 g/mol. The number of rotatable bonds is 5. The molecule has 0 radical (unpaired) electrons. The van der Waals surface area contributed by atoms with Gasteiger partial charge in [0.1, 0.15) is 18.5 Å². The molecule has 7 nitrogen and oxygen atoms in total. The molecule has 1 atom stereocenters. The summed E-state index contributed by atoms with van der Waals surface area (Å²) in [4.78, 5) is 20.5. The first-order valence-electron chi connectivity index (χ1n) is 7.34. The molecule has 1 N–H and O–H groups in total. The highest BCUT2D eigenvalue weighted by molar-refractivity contribution is 5.94. The van der Waals surface area contributed by atoms with Crippen molar-refractivity contribution in [3.8, 4) is 11.4 Å². The van der Waals surface area contributed by atoms with Crippen LogP contribution >= 0.6 is 0 Å². The molecule has 0 spiro atoms. The number of imidazole rings is 1. The van der Waals surface area contributed by atoms with Crippen LogP contribution in [0.4, 0.5) is 0 Å². The normalized spacial score (nSPS) is 12.1. The van der Waals surface area contributed by atoms with Crippen molar-refractivity contribution in [2.45, 2.75) is 19.5 Å². The fourth-order valence-corrected chi connectivity index (χ4v) is 2.37. The van der Waals surface area contributed by atoms with E-state index in [0.29, 0.717) is 12.1 Å². The molecule has 0 aliphatic carbocycles. The van der Waals surface area contributed by atoms with Crippen LogP contribution in [0.15, 0.2) is 49.3 Å². The number of amides is 1. The highest BCUT2D eigenvalue weighted by Gasteiger charge is 2.11. The molecule has 3 rings (SSSR count). The maximum atomic E-state index is 12.3. The quantitative estimate of drug-likeness (QED) is 0.774. The minimum absolute atomic E-state index is 0.0431. The number of aryl methyl sites for hydroxylation is 1. The third kappa shape index (κ3) is 3.45. The molecule has 1 aromatic carbocycles. The fraction of sp³-hybridized carbons (Fsp3) is 0.250. The first-order valence-corrected chi connectivity index (χ1v) is 7.34. The Kier molecular flexibility index (Phi) is 4.18. The smallest absolute Gasteiger partial charge is 0.251 e. The fourth-order valence-electron chi connectivity index (χ4n) is 2.37. The maximum absolute atomic E-state index is 12.3. The molecule has 0 unspecified atom stereocenters. The first kappa shape index (κ1) is 15.0. The molecule has 7 heteroatoms. The van der Waals surface area contributed by atoms with Gasteiger partial charge in [-0.05, 0) is 19.1 Å². The van der Waals surface area contributed by atoms with Crippen molar-refractivity contribution >= 4 is 5.91 Å². The summed E-state index contributed by atoms with van der Waals surface area (Å²) in [6.45, 7) is 2.51. The second kappa shape index (κ2) is 6.43. The molecule has 3 aromatic rings. The van der Waals surface area contributed by atoms with Gasteiger partial charge in [0, 0.05) is 36.6 Å². The van der Waals surface area contributed by atoms with Gasteiger partial charge in [-0.25, -0.2) is 9.97 Å². The lowest BCUT2D eigenvalue weighted by molar-refractivity contribution is 0.0936. The standard InChI is InChI=1S/C16H18N6O/c1-12(9-22-11-17-10-19-22)20-16(23)14-5-3-13(4-6-14)15-18-7-8-21(15)2/h3-8,10-12H,9H2,1-2H3,(H,20,23)/t12-/m0/s1. The lowest BCUT2D eigenvalue weighted by Gasteiger charge is -2.13. The molecule has 0 saturated heterocycles. The van der Waals surface area contributed by atoms with E-state index in [1.165, 1.54) is 6.33 Å². The largest absolute Gasteiger partial charge is 0.348 e. The van der Waals surface area contributed by atoms with Gasteiger partial charge in [-0.15, -0.1) is 0 Å². The Hall–Kier alpha value is -2.96. The Balaban J connectivity index is 1.65. The molecular weight excluding hydrogens is 292 g/mol. The molecule has 0 fully saturated rings. The first-order chi connectivity index (χ1) is 11.1. The van der Waals surface area contributed by atoms with E-state index in [2.05, 4.69) is 20.4 Å². The molecule has 0 bridgehead atoms. The maximum Gasteiger partial charge on any atom is 0.251 e. The van der Waals surface area contributed by atoms with Crippen molar-refractivity contribution in [2.24, 2.45) is 7.05 Å². The number of carbonyl (C=O) groups excluding carboxylic acids is 1. The Morgan fingerprint density at radius 3 is 2.70 bits per heavy atom. The SMILES string of the molecule is C[C@@H](Cn1cncn1)NC(=O)c1ccc(-c2nccn2C)cc1. The van der Waals surface area contributed by atoms with E-state index in [-0.39, 0.29) is 11.9 Å². The van der Waals surface area contributed by atoms with Crippen LogP contribution in [0.2, 0.25) is 0 Å². The van der Waals surface area contributed by atoms with Gasteiger partial charge >= 0.3 is 0 Å². The number of hydrogen-bond donors (Lipinski definition) is 1. The molecule has 0 aliphatic heterocycles. The minimum Gasteiger partial charge on any atom is -0.348 e. The van der Waals surface area contributed by atoms with Crippen LogP contribution in [0.25, 0.3) is 11.4 Å². The molecule has 2 aromatic heterocycles. The summed E-state index contributed by atoms with van der Waals surface area (Å²) in [6, 6.07) is 7.38. The number of hydrogen-bond acceptors (Lipinski definition) is 4. The summed E-state index contributed by atoms with van der Waals surface area (Å²) >= 11 is 0. The summed E-state index contributed by atoms with van der Waals surface area (Å²) in [5.41, 5.74) is 1.60. The predicted octanol–water partition coefficient (Wildman–Crippen LogP) is 1.50. The van der Waals surface area contributed by atoms with Crippen molar-refractivity contribution in [3.63, 3.8) is 0 Å². The van der Waals surface area contributed by atoms with Gasteiger partial charge < -0.3 is 9.88 Å². The average Bonchev–Trinajstić information content (AvgIpc) is 3.19. The number of nitrogens with one attached hydrogen (secondary N) is 1. The van der Waals surface area contributed by atoms with E-state index in [4.69, 9.17) is 0 Å². The van der Waals surface area contributed by atoms with Crippen LogP contribution < -0.4 is 5.32 Å². The van der Waals surface area contributed by atoms with E-state index >= 15 is 0 Å². The van der Waals surface area contributed by atoms with E-state index in [9.17, 15) is 4.79 Å². The second-order valence-corrected chi connectivity index (χ2v) is 5.43. The summed E-state index contributed by atoms with van der Waals surface area (Å²) in [6.07, 6.45) is 6.75. The predicted molar refractivity (Wildman–Crippen MR) is 85.6 cm³/mol. The highest BCUT2D eigenvalue weighted by Crippen LogP contribution is 2.17. The molecule has 1 amide bonds. The van der Waals surface area contributed by atoms with Crippen LogP contribution in [-0.2, 0) is 13.6 Å².